The number of anilines is 2. The predicted molar refractivity (Wildman–Crippen MR) is 115 cm³/mol. The van der Waals surface area contributed by atoms with E-state index >= 15 is 0 Å². The number of carbonyl (C=O) groups is 1. The highest BCUT2D eigenvalue weighted by atomic mass is 32.2. The van der Waals surface area contributed by atoms with Crippen molar-refractivity contribution in [2.75, 3.05) is 15.9 Å². The van der Waals surface area contributed by atoms with Crippen molar-refractivity contribution in [3.63, 3.8) is 0 Å². The Hall–Kier alpha value is -3.19. The van der Waals surface area contributed by atoms with Gasteiger partial charge in [-0.3, -0.25) is 14.1 Å². The number of sulfonamides is 1. The van der Waals surface area contributed by atoms with Crippen molar-refractivity contribution in [3.8, 4) is 0 Å². The monoisotopic (exact) mass is 409 g/mol. The molecule has 0 aliphatic carbocycles. The topological polar surface area (TPSA) is 79.4 Å². The molecule has 1 amide bonds. The summed E-state index contributed by atoms with van der Waals surface area (Å²) < 4.78 is 25.7. The third-order valence-electron chi connectivity index (χ3n) is 4.48. The minimum Gasteiger partial charge on any atom is -0.324 e. The highest BCUT2D eigenvalue weighted by Crippen LogP contribution is 2.21. The van der Waals surface area contributed by atoms with Gasteiger partial charge in [-0.05, 0) is 60.9 Å². The molecular weight excluding hydrogens is 386 g/mol. The first kappa shape index (κ1) is 20.5. The molecule has 0 saturated heterocycles. The Morgan fingerprint density at radius 3 is 2.14 bits per heavy atom. The summed E-state index contributed by atoms with van der Waals surface area (Å²) in [5.74, 6) is -0.402. The molecule has 3 rings (SSSR count). The van der Waals surface area contributed by atoms with Crippen LogP contribution in [0, 0.1) is 0 Å². The molecule has 0 fully saturated rings. The zero-order chi connectivity index (χ0) is 20.9. The fourth-order valence-electron chi connectivity index (χ4n) is 3.07. The van der Waals surface area contributed by atoms with E-state index in [1.807, 2.05) is 36.4 Å². The number of hydrogen-bond acceptors (Lipinski definition) is 4. The number of aromatic nitrogens is 1. The summed E-state index contributed by atoms with van der Waals surface area (Å²) in [5.41, 5.74) is 3.31. The molecule has 1 atom stereocenters. The van der Waals surface area contributed by atoms with Crippen LogP contribution in [0.25, 0.3) is 0 Å². The minimum absolute atomic E-state index is 0.402. The number of para-hydroxylation sites is 1. The Bertz CT molecular complexity index is 1050. The highest BCUT2D eigenvalue weighted by Gasteiger charge is 2.29. The van der Waals surface area contributed by atoms with Crippen LogP contribution in [-0.4, -0.2) is 31.6 Å². The van der Waals surface area contributed by atoms with E-state index in [1.54, 1.807) is 49.6 Å². The number of carbonyl (C=O) groups excluding carboxylic acids is 1. The zero-order valence-electron chi connectivity index (χ0n) is 16.3. The molecule has 150 valence electrons. The lowest BCUT2D eigenvalue weighted by atomic mass is 10.1. The molecule has 29 heavy (non-hydrogen) atoms. The molecule has 2 aromatic carbocycles. The Morgan fingerprint density at radius 2 is 1.55 bits per heavy atom. The third kappa shape index (κ3) is 5.42. The SMILES string of the molecule is C[C@@H](C(=O)Nc1ccc(Cc2ccncc2)cc1)N(c1ccccc1)S(C)(=O)=O. The fraction of sp³-hybridized carbons (Fsp3) is 0.182. The van der Waals surface area contributed by atoms with Crippen LogP contribution >= 0.6 is 0 Å². The lowest BCUT2D eigenvalue weighted by Gasteiger charge is -2.28. The number of rotatable bonds is 7. The summed E-state index contributed by atoms with van der Waals surface area (Å²) >= 11 is 0. The molecule has 1 N–H and O–H groups in total. The van der Waals surface area contributed by atoms with Gasteiger partial charge in [-0.1, -0.05) is 30.3 Å². The van der Waals surface area contributed by atoms with E-state index < -0.39 is 22.0 Å². The van der Waals surface area contributed by atoms with Crippen LogP contribution in [0.1, 0.15) is 18.1 Å². The van der Waals surface area contributed by atoms with Crippen molar-refractivity contribution in [1.82, 2.24) is 4.98 Å². The van der Waals surface area contributed by atoms with E-state index in [1.165, 1.54) is 0 Å². The molecule has 0 saturated carbocycles. The molecule has 0 aliphatic rings. The van der Waals surface area contributed by atoms with Crippen LogP contribution in [-0.2, 0) is 21.2 Å². The number of nitrogens with zero attached hydrogens (tertiary/aromatic N) is 2. The Labute approximate surface area is 171 Å². The molecule has 0 unspecified atom stereocenters. The van der Waals surface area contributed by atoms with Crippen molar-refractivity contribution in [2.45, 2.75) is 19.4 Å². The molecule has 7 heteroatoms. The third-order valence-corrected chi connectivity index (χ3v) is 5.72. The van der Waals surface area contributed by atoms with Gasteiger partial charge in [0.05, 0.1) is 11.9 Å². The first-order valence-electron chi connectivity index (χ1n) is 9.18. The molecule has 0 bridgehead atoms. The number of pyridine rings is 1. The van der Waals surface area contributed by atoms with Crippen molar-refractivity contribution < 1.29 is 13.2 Å². The van der Waals surface area contributed by atoms with Gasteiger partial charge in [-0.25, -0.2) is 8.42 Å². The van der Waals surface area contributed by atoms with Gasteiger partial charge in [-0.2, -0.15) is 0 Å². The largest absolute Gasteiger partial charge is 0.324 e. The van der Waals surface area contributed by atoms with Gasteiger partial charge in [-0.15, -0.1) is 0 Å². The lowest BCUT2D eigenvalue weighted by molar-refractivity contribution is -0.116. The lowest BCUT2D eigenvalue weighted by Crippen LogP contribution is -2.45. The summed E-state index contributed by atoms with van der Waals surface area (Å²) in [6.45, 7) is 1.57. The number of nitrogens with one attached hydrogen (secondary N) is 1. The van der Waals surface area contributed by atoms with Crippen LogP contribution in [0.4, 0.5) is 11.4 Å². The van der Waals surface area contributed by atoms with Gasteiger partial charge in [0.15, 0.2) is 0 Å². The molecule has 0 radical (unpaired) electrons. The molecule has 1 aromatic heterocycles. The predicted octanol–water partition coefficient (Wildman–Crippen LogP) is 3.47. The maximum Gasteiger partial charge on any atom is 0.247 e. The normalized spacial score (nSPS) is 12.2. The fourth-order valence-corrected chi connectivity index (χ4v) is 4.25. The van der Waals surface area contributed by atoms with E-state index in [-0.39, 0.29) is 0 Å². The first-order chi connectivity index (χ1) is 13.8. The second-order valence-electron chi connectivity index (χ2n) is 6.79. The summed E-state index contributed by atoms with van der Waals surface area (Å²) in [4.78, 5) is 16.7. The first-order valence-corrected chi connectivity index (χ1v) is 11.0. The summed E-state index contributed by atoms with van der Waals surface area (Å²) in [6.07, 6.45) is 5.37. The Morgan fingerprint density at radius 1 is 0.966 bits per heavy atom. The van der Waals surface area contributed by atoms with Crippen molar-refractivity contribution in [1.29, 1.82) is 0 Å². The average molecular weight is 410 g/mol. The zero-order valence-corrected chi connectivity index (χ0v) is 17.1. The van der Waals surface area contributed by atoms with E-state index in [0.717, 1.165) is 28.1 Å². The Kier molecular flexibility index (Phi) is 6.29. The number of benzene rings is 2. The summed E-state index contributed by atoms with van der Waals surface area (Å²) in [5, 5.41) is 2.80. The van der Waals surface area contributed by atoms with Gasteiger partial charge in [0.25, 0.3) is 0 Å². The minimum atomic E-state index is -3.63. The van der Waals surface area contributed by atoms with Gasteiger partial charge in [0.1, 0.15) is 6.04 Å². The molecule has 0 spiro atoms. The van der Waals surface area contributed by atoms with Crippen LogP contribution in [0.2, 0.25) is 0 Å². The highest BCUT2D eigenvalue weighted by molar-refractivity contribution is 7.92. The maximum atomic E-state index is 12.7. The summed E-state index contributed by atoms with van der Waals surface area (Å²) in [6, 6.07) is 19.1. The molecular formula is C22H23N3O3S. The van der Waals surface area contributed by atoms with Crippen molar-refractivity contribution in [3.05, 3.63) is 90.3 Å². The van der Waals surface area contributed by atoms with Gasteiger partial charge >= 0.3 is 0 Å². The summed E-state index contributed by atoms with van der Waals surface area (Å²) in [7, 11) is -3.63. The molecule has 6 nitrogen and oxygen atoms in total. The second kappa shape index (κ2) is 8.87. The number of hydrogen-bond donors (Lipinski definition) is 1. The van der Waals surface area contributed by atoms with E-state index in [2.05, 4.69) is 10.3 Å². The van der Waals surface area contributed by atoms with Crippen molar-refractivity contribution >= 4 is 27.3 Å². The quantitative estimate of drug-likeness (QED) is 0.648. The van der Waals surface area contributed by atoms with E-state index in [0.29, 0.717) is 11.4 Å². The van der Waals surface area contributed by atoms with E-state index in [4.69, 9.17) is 0 Å². The van der Waals surface area contributed by atoms with Crippen LogP contribution in [0.15, 0.2) is 79.1 Å². The molecule has 3 aromatic rings. The van der Waals surface area contributed by atoms with Gasteiger partial charge in [0, 0.05) is 18.1 Å². The van der Waals surface area contributed by atoms with Gasteiger partial charge in [0.2, 0.25) is 15.9 Å². The average Bonchev–Trinajstić information content (AvgIpc) is 2.70. The maximum absolute atomic E-state index is 12.7. The van der Waals surface area contributed by atoms with Gasteiger partial charge < -0.3 is 5.32 Å². The molecule has 1 heterocycles. The van der Waals surface area contributed by atoms with E-state index in [9.17, 15) is 13.2 Å². The standard InChI is InChI=1S/C22H23N3O3S/c1-17(25(29(2,27)28)21-6-4-3-5-7-21)22(26)24-20-10-8-18(9-11-20)16-19-12-14-23-15-13-19/h3-15,17H,16H2,1-2H3,(H,24,26)/t17-/m0/s1. The molecule has 0 aliphatic heterocycles. The Balaban J connectivity index is 1.71. The van der Waals surface area contributed by atoms with Crippen LogP contribution in [0.5, 0.6) is 0 Å². The smallest absolute Gasteiger partial charge is 0.247 e. The van der Waals surface area contributed by atoms with Crippen molar-refractivity contribution in [2.24, 2.45) is 0 Å². The number of amides is 1. The second-order valence-corrected chi connectivity index (χ2v) is 8.65. The van der Waals surface area contributed by atoms with Crippen LogP contribution < -0.4 is 9.62 Å². The van der Waals surface area contributed by atoms with Crippen LogP contribution in [0.3, 0.4) is 0 Å².